The van der Waals surface area contributed by atoms with Crippen LogP contribution in [-0.2, 0) is 127 Å². The maximum absolute atomic E-state index is 12.7. The summed E-state index contributed by atoms with van der Waals surface area (Å²) in [7, 11) is -33.1. The van der Waals surface area contributed by atoms with Crippen LogP contribution in [0.3, 0.4) is 0 Å². The van der Waals surface area contributed by atoms with Crippen molar-refractivity contribution in [3.8, 4) is 0 Å². The third-order valence-electron chi connectivity index (χ3n) is 11.8. The minimum atomic E-state index is -5.78. The highest BCUT2D eigenvalue weighted by molar-refractivity contribution is 7.84. The maximum atomic E-state index is 12.7. The van der Waals surface area contributed by atoms with Gasteiger partial charge in [0, 0.05) is 0 Å². The third-order valence-corrected chi connectivity index (χ3v) is 14.8. The van der Waals surface area contributed by atoms with E-state index in [1.54, 1.807) is 0 Å². The molecule has 1 unspecified atom stereocenters. The standard InChI is InChI=1S/C30H51N3O43S6/c34-10-4(1-65-80(56,57)58)69-27(8(11(10)35)32-78(50,51)52)73-20-14(38)17(41)30(76-22(20)24(42)43)72-19-6(3-67-82(62,63)64)70-28(9(13(19)37)33-79(53,54)55)74-21-15(39)16(40)29(75-23(21)25(44)45)71-18-5(2-66-81(59,60)61)68-26(46)7(12(18)36)31-77(47,48)49/h4-23,26-41,46H,1-3H2,(H,42,43)(H,44,45)(H,47,48,49)(H,50,51,52)(H,53,54,55)(H,56,57,58)(H,59,60,61)(H,62,63,64)/t4-,5-,6-,7-,8-,9-,10-,11-,12-,13-,14-,15-,16-,17-,18-,19-,20+,21+,22+,23-,26?,27-,28-,29-,30-/m1/s1. The molecule has 5 heterocycles. The molecule has 5 saturated heterocycles. The number of rotatable bonds is 25. The molecule has 5 aliphatic rings. The predicted molar refractivity (Wildman–Crippen MR) is 236 cm³/mol. The van der Waals surface area contributed by atoms with Crippen LogP contribution in [0.15, 0.2) is 0 Å². The zero-order valence-corrected chi connectivity index (χ0v) is 44.6. The quantitative estimate of drug-likeness (QED) is 0.0377. The van der Waals surface area contributed by atoms with E-state index in [-0.39, 0.29) is 0 Å². The van der Waals surface area contributed by atoms with Crippen LogP contribution >= 0.6 is 0 Å². The second-order valence-corrected chi connectivity index (χ2v) is 24.3. The zero-order chi connectivity index (χ0) is 62.3. The van der Waals surface area contributed by atoms with Gasteiger partial charge in [0.2, 0.25) is 0 Å². The number of nitrogens with one attached hydrogen (secondary N) is 3. The molecule has 0 aliphatic carbocycles. The van der Waals surface area contributed by atoms with Gasteiger partial charge in [-0.05, 0) is 0 Å². The lowest BCUT2D eigenvalue weighted by molar-refractivity contribution is -0.375. The average Bonchev–Trinajstić information content (AvgIpc) is 3.24. The van der Waals surface area contributed by atoms with Crippen LogP contribution in [0.2, 0.25) is 0 Å². The first-order valence-corrected chi connectivity index (χ1v) is 30.2. The summed E-state index contributed by atoms with van der Waals surface area (Å²) in [4.78, 5) is 25.3. The number of ether oxygens (including phenoxy) is 9. The van der Waals surface area contributed by atoms with Crippen LogP contribution in [-0.4, -0.2) is 319 Å². The molecule has 0 spiro atoms. The molecule has 0 aromatic carbocycles. The lowest BCUT2D eigenvalue weighted by atomic mass is 9.94. The van der Waals surface area contributed by atoms with Gasteiger partial charge in [-0.3, -0.25) is 27.3 Å². The molecular weight excluding hydrogens is 1280 g/mol. The van der Waals surface area contributed by atoms with Gasteiger partial charge in [-0.15, -0.1) is 0 Å². The summed E-state index contributed by atoms with van der Waals surface area (Å²) in [6.45, 7) is -4.61. The fraction of sp³-hybridized carbons (Fsp3) is 0.933. The van der Waals surface area contributed by atoms with Crippen LogP contribution in [0.1, 0.15) is 0 Å². The highest BCUT2D eigenvalue weighted by Crippen LogP contribution is 2.37. The Hall–Kier alpha value is -2.56. The van der Waals surface area contributed by atoms with Gasteiger partial charge in [0.05, 0.1) is 19.8 Å². The number of hydrogen-bond donors (Lipinski definition) is 20. The fourth-order valence-corrected chi connectivity index (χ4v) is 11.0. The number of aliphatic hydroxyl groups is 9. The predicted octanol–water partition coefficient (Wildman–Crippen LogP) is -14.1. The van der Waals surface area contributed by atoms with Crippen LogP contribution < -0.4 is 14.2 Å². The zero-order valence-electron chi connectivity index (χ0n) is 39.7. The Labute approximate surface area is 458 Å². The Morgan fingerprint density at radius 3 is 1.01 bits per heavy atom. The van der Waals surface area contributed by atoms with Crippen molar-refractivity contribution >= 4 is 74.0 Å². The van der Waals surface area contributed by atoms with E-state index in [0.29, 0.717) is 0 Å². The minimum absolute atomic E-state index is 1.28. The van der Waals surface area contributed by atoms with Gasteiger partial charge < -0.3 is 98.8 Å². The summed E-state index contributed by atoms with van der Waals surface area (Å²) in [6, 6.07) is -7.65. The molecule has 0 amide bonds. The smallest absolute Gasteiger partial charge is 0.397 e. The summed E-state index contributed by atoms with van der Waals surface area (Å²) in [5.74, 6) is -4.54. The number of hydrogen-bond acceptors (Lipinski definition) is 35. The summed E-state index contributed by atoms with van der Waals surface area (Å²) in [6.07, 6.45) is -58.4. The molecule has 5 fully saturated rings. The second-order valence-electron chi connectivity index (χ2n) is 17.5. The lowest BCUT2D eigenvalue weighted by Crippen LogP contribution is -2.71. The van der Waals surface area contributed by atoms with E-state index in [0.717, 1.165) is 0 Å². The van der Waals surface area contributed by atoms with Gasteiger partial charge >= 0.3 is 74.0 Å². The van der Waals surface area contributed by atoms with Crippen molar-refractivity contribution < 1.29 is 199 Å². The molecule has 480 valence electrons. The first-order chi connectivity index (χ1) is 37.3. The number of aliphatic carboxylic acids is 2. The van der Waals surface area contributed by atoms with Gasteiger partial charge in [-0.1, -0.05) is 0 Å². The van der Waals surface area contributed by atoms with Crippen LogP contribution in [0, 0.1) is 0 Å². The molecule has 0 bridgehead atoms. The molecule has 46 nitrogen and oxygen atoms in total. The second kappa shape index (κ2) is 26.8. The van der Waals surface area contributed by atoms with Gasteiger partial charge in [-0.2, -0.15) is 64.7 Å². The number of carboxylic acids is 2. The van der Waals surface area contributed by atoms with Crippen molar-refractivity contribution in [3.63, 3.8) is 0 Å². The van der Waals surface area contributed by atoms with Gasteiger partial charge in [-0.25, -0.2) is 22.1 Å². The molecule has 20 N–H and O–H groups in total. The van der Waals surface area contributed by atoms with Gasteiger partial charge in [0.25, 0.3) is 0 Å². The Kier molecular flexibility index (Phi) is 23.0. The van der Waals surface area contributed by atoms with Crippen molar-refractivity contribution in [2.45, 2.75) is 153 Å². The van der Waals surface area contributed by atoms with Crippen molar-refractivity contribution in [1.29, 1.82) is 0 Å². The van der Waals surface area contributed by atoms with Crippen molar-refractivity contribution in [1.82, 2.24) is 14.2 Å². The SMILES string of the molecule is O=C(O)[C@H]1O[C@@H](O[C@H]2[C@H](O)[C@@H](NS(=O)(=O)O)[C@@H](O[C@H]3[C@H](O)[C@@H](O)[C@H](O[C@H]4[C@H](O)[C@@H](NS(=O)(=O)O)C(O)O[C@@H]4COS(=O)(=O)O)O[C@H]3C(=O)O)O[C@@H]2COS(=O)(=O)O)[C@H](O)[C@@H](O)[C@@H]1O[C@H]1O[C@H](COS(=O)(=O)O)[C@@H](O)[C@H](O)[C@H]1NS(=O)(=O)O. The van der Waals surface area contributed by atoms with E-state index in [4.69, 9.17) is 51.7 Å². The van der Waals surface area contributed by atoms with E-state index in [1.165, 1.54) is 14.2 Å². The minimum Gasteiger partial charge on any atom is -0.479 e. The van der Waals surface area contributed by atoms with E-state index in [1.807, 2.05) is 0 Å². The van der Waals surface area contributed by atoms with E-state index in [9.17, 15) is 134 Å². The summed E-state index contributed by atoms with van der Waals surface area (Å²) in [5.41, 5.74) is 0. The fourth-order valence-electron chi connectivity index (χ4n) is 8.33. The topological polar surface area (TPSA) is 730 Å². The molecule has 0 radical (unpaired) electrons. The molecule has 0 aromatic rings. The van der Waals surface area contributed by atoms with E-state index < -0.39 is 247 Å². The first kappa shape index (κ1) is 70.2. The molecule has 5 aliphatic heterocycles. The summed E-state index contributed by atoms with van der Waals surface area (Å²) in [5, 5.41) is 119. The normalized spacial score (nSPS) is 41.2. The number of aliphatic hydroxyl groups excluding tert-OH is 9. The van der Waals surface area contributed by atoms with Crippen molar-refractivity contribution in [2.75, 3.05) is 19.8 Å². The maximum Gasteiger partial charge on any atom is 0.397 e. The average molecular weight is 1330 g/mol. The molecule has 82 heavy (non-hydrogen) atoms. The Bertz CT molecular complexity index is 2920. The Morgan fingerprint density at radius 2 is 0.659 bits per heavy atom. The summed E-state index contributed by atoms with van der Waals surface area (Å²) < 4.78 is 260. The third kappa shape index (κ3) is 19.0. The van der Waals surface area contributed by atoms with Gasteiger partial charge in [0.1, 0.15) is 110 Å². The summed E-state index contributed by atoms with van der Waals surface area (Å²) >= 11 is 0. The first-order valence-electron chi connectivity index (χ1n) is 21.8. The van der Waals surface area contributed by atoms with Gasteiger partial charge in [0.15, 0.2) is 43.7 Å². The van der Waals surface area contributed by atoms with E-state index in [2.05, 4.69) is 12.5 Å². The molecule has 0 saturated carbocycles. The number of carboxylic acid groups (broad SMARTS) is 2. The molecule has 52 heteroatoms. The molecule has 0 aromatic heterocycles. The highest BCUT2D eigenvalue weighted by atomic mass is 32.3. The van der Waals surface area contributed by atoms with Crippen LogP contribution in [0.5, 0.6) is 0 Å². The molecular formula is C30H51N3O43S6. The lowest BCUT2D eigenvalue weighted by Gasteiger charge is -2.50. The Balaban J connectivity index is 1.45. The monoisotopic (exact) mass is 1330 g/mol. The van der Waals surface area contributed by atoms with Crippen LogP contribution in [0.25, 0.3) is 0 Å². The molecule has 5 rings (SSSR count). The molecule has 25 atom stereocenters. The highest BCUT2D eigenvalue weighted by Gasteiger charge is 2.59. The van der Waals surface area contributed by atoms with Crippen molar-refractivity contribution in [3.05, 3.63) is 0 Å². The van der Waals surface area contributed by atoms with Crippen molar-refractivity contribution in [2.24, 2.45) is 0 Å². The Morgan fingerprint density at radius 1 is 0.354 bits per heavy atom. The van der Waals surface area contributed by atoms with Crippen LogP contribution in [0.4, 0.5) is 0 Å². The largest absolute Gasteiger partial charge is 0.479 e. The number of carbonyl (C=O) groups is 2. The van der Waals surface area contributed by atoms with E-state index >= 15 is 0 Å².